The number of aromatic nitrogens is 1. The maximum atomic E-state index is 11.2. The smallest absolute Gasteiger partial charge is 0.249 e. The molecular weight excluding hydrogens is 258 g/mol. The Labute approximate surface area is 105 Å². The van der Waals surface area contributed by atoms with E-state index in [4.69, 9.17) is 5.14 Å². The quantitative estimate of drug-likeness (QED) is 0.843. The van der Waals surface area contributed by atoms with E-state index in [9.17, 15) is 8.42 Å². The van der Waals surface area contributed by atoms with Gasteiger partial charge in [-0.2, -0.15) is 0 Å². The summed E-state index contributed by atoms with van der Waals surface area (Å²) in [7, 11) is -3.64. The lowest BCUT2D eigenvalue weighted by molar-refractivity contribution is 0.514. The number of sulfonamides is 1. The van der Waals surface area contributed by atoms with Gasteiger partial charge in [0.25, 0.3) is 0 Å². The summed E-state index contributed by atoms with van der Waals surface area (Å²) in [5, 5.41) is 5.78. The fraction of sp³-hybridized carbons (Fsp3) is 0.500. The summed E-state index contributed by atoms with van der Waals surface area (Å²) in [5.74, 6) is 0. The van der Waals surface area contributed by atoms with Gasteiger partial charge in [-0.25, -0.2) is 18.5 Å². The Kier molecular flexibility index (Phi) is 3.50. The van der Waals surface area contributed by atoms with Gasteiger partial charge < -0.3 is 4.90 Å². The van der Waals surface area contributed by atoms with Gasteiger partial charge in [-0.05, 0) is 19.3 Å². The van der Waals surface area contributed by atoms with E-state index in [0.29, 0.717) is 5.13 Å². The number of primary sulfonamides is 1. The summed E-state index contributed by atoms with van der Waals surface area (Å²) in [6.45, 7) is 4.69. The minimum atomic E-state index is -3.64. The number of thiazole rings is 1. The van der Waals surface area contributed by atoms with Crippen LogP contribution in [0.25, 0.3) is 0 Å². The van der Waals surface area contributed by atoms with Gasteiger partial charge in [0, 0.05) is 12.6 Å². The molecule has 94 valence electrons. The maximum Gasteiger partial charge on any atom is 0.249 e. The molecule has 0 bridgehead atoms. The highest BCUT2D eigenvalue weighted by Gasteiger charge is 2.24. The molecule has 1 aliphatic heterocycles. The second kappa shape index (κ2) is 4.75. The summed E-state index contributed by atoms with van der Waals surface area (Å²) in [4.78, 5) is 6.24. The second-order valence-electron chi connectivity index (χ2n) is 4.00. The van der Waals surface area contributed by atoms with Gasteiger partial charge in [0.1, 0.15) is 0 Å². The molecule has 1 aromatic heterocycles. The summed E-state index contributed by atoms with van der Waals surface area (Å²) in [6, 6.07) is 0.239. The Morgan fingerprint density at radius 3 is 2.94 bits per heavy atom. The van der Waals surface area contributed by atoms with E-state index in [1.54, 1.807) is 0 Å². The maximum absolute atomic E-state index is 11.2. The van der Waals surface area contributed by atoms with Crippen LogP contribution in [0.2, 0.25) is 0 Å². The molecular formula is C10H15N3O2S2. The molecule has 2 rings (SSSR count). The topological polar surface area (TPSA) is 76.3 Å². The lowest BCUT2D eigenvalue weighted by Gasteiger charge is -2.33. The Hall–Kier alpha value is -0.920. The van der Waals surface area contributed by atoms with Crippen molar-refractivity contribution in [2.24, 2.45) is 5.14 Å². The van der Waals surface area contributed by atoms with E-state index in [2.05, 4.69) is 16.5 Å². The van der Waals surface area contributed by atoms with Crippen LogP contribution in [-0.2, 0) is 10.0 Å². The monoisotopic (exact) mass is 273 g/mol. The van der Waals surface area contributed by atoms with Crippen molar-refractivity contribution < 1.29 is 8.42 Å². The van der Waals surface area contributed by atoms with Crippen LogP contribution >= 0.6 is 11.3 Å². The number of hydrogen-bond acceptors (Lipinski definition) is 5. The van der Waals surface area contributed by atoms with Crippen molar-refractivity contribution in [1.29, 1.82) is 0 Å². The van der Waals surface area contributed by atoms with E-state index in [-0.39, 0.29) is 10.3 Å². The summed E-state index contributed by atoms with van der Waals surface area (Å²) >= 11 is 1.12. The zero-order chi connectivity index (χ0) is 12.5. The molecule has 17 heavy (non-hydrogen) atoms. The van der Waals surface area contributed by atoms with E-state index < -0.39 is 10.0 Å². The number of nitrogens with zero attached hydrogens (tertiary/aromatic N) is 2. The molecule has 1 aromatic rings. The molecule has 2 heterocycles. The van der Waals surface area contributed by atoms with Gasteiger partial charge in [0.15, 0.2) is 9.34 Å². The van der Waals surface area contributed by atoms with Crippen molar-refractivity contribution in [2.75, 3.05) is 11.4 Å². The van der Waals surface area contributed by atoms with Gasteiger partial charge in [-0.1, -0.05) is 17.4 Å². The Bertz CT molecular complexity index is 509. The molecule has 1 saturated heterocycles. The van der Waals surface area contributed by atoms with Crippen LogP contribution < -0.4 is 10.0 Å². The van der Waals surface area contributed by atoms with E-state index in [1.165, 1.54) is 12.6 Å². The average Bonchev–Trinajstić information content (AvgIpc) is 2.77. The van der Waals surface area contributed by atoms with Gasteiger partial charge >= 0.3 is 0 Å². The molecule has 1 aliphatic rings. The van der Waals surface area contributed by atoms with Gasteiger partial charge in [0.05, 0.1) is 6.20 Å². The van der Waals surface area contributed by atoms with Crippen molar-refractivity contribution in [2.45, 2.75) is 29.5 Å². The summed E-state index contributed by atoms with van der Waals surface area (Å²) in [5.41, 5.74) is 0. The predicted octanol–water partition coefficient (Wildman–Crippen LogP) is 1.34. The fourth-order valence-electron chi connectivity index (χ4n) is 1.95. The third-order valence-electron chi connectivity index (χ3n) is 2.82. The first-order valence-corrected chi connectivity index (χ1v) is 7.76. The first-order valence-electron chi connectivity index (χ1n) is 5.40. The number of piperidine rings is 1. The van der Waals surface area contributed by atoms with E-state index in [1.807, 2.05) is 6.08 Å². The Morgan fingerprint density at radius 2 is 2.35 bits per heavy atom. The Balaban J connectivity index is 2.27. The third kappa shape index (κ3) is 2.67. The van der Waals surface area contributed by atoms with Crippen molar-refractivity contribution >= 4 is 26.5 Å². The first-order chi connectivity index (χ1) is 8.02. The lowest BCUT2D eigenvalue weighted by Crippen LogP contribution is -2.37. The number of rotatable bonds is 3. The molecule has 1 fully saturated rings. The first kappa shape index (κ1) is 12.5. The highest BCUT2D eigenvalue weighted by atomic mass is 32.2. The molecule has 2 N–H and O–H groups in total. The van der Waals surface area contributed by atoms with Crippen LogP contribution in [0.5, 0.6) is 0 Å². The van der Waals surface area contributed by atoms with Crippen molar-refractivity contribution in [3.05, 3.63) is 18.9 Å². The fourth-order valence-corrected chi connectivity index (χ4v) is 3.58. The van der Waals surface area contributed by atoms with Crippen molar-refractivity contribution in [3.63, 3.8) is 0 Å². The summed E-state index contributed by atoms with van der Waals surface area (Å²) < 4.78 is 22.5. The van der Waals surface area contributed by atoms with Gasteiger partial charge in [0.2, 0.25) is 10.0 Å². The highest BCUT2D eigenvalue weighted by molar-refractivity contribution is 7.91. The Morgan fingerprint density at radius 1 is 1.59 bits per heavy atom. The van der Waals surface area contributed by atoms with Crippen LogP contribution in [0.4, 0.5) is 5.13 Å². The second-order valence-corrected chi connectivity index (χ2v) is 6.80. The molecule has 0 amide bonds. The molecule has 1 atom stereocenters. The lowest BCUT2D eigenvalue weighted by atomic mass is 10.0. The average molecular weight is 273 g/mol. The molecule has 5 nitrogen and oxygen atoms in total. The van der Waals surface area contributed by atoms with Crippen LogP contribution in [-0.4, -0.2) is 26.0 Å². The molecule has 0 radical (unpaired) electrons. The number of nitrogens with two attached hydrogens (primary N) is 1. The molecule has 0 aromatic carbocycles. The van der Waals surface area contributed by atoms with E-state index >= 15 is 0 Å². The van der Waals surface area contributed by atoms with Gasteiger partial charge in [-0.15, -0.1) is 6.58 Å². The molecule has 1 unspecified atom stereocenters. The van der Waals surface area contributed by atoms with Crippen LogP contribution in [0.3, 0.4) is 0 Å². The standard InChI is InChI=1S/C10H15N3O2S2/c1-2-8-5-3-4-6-13(8)10-12-7-9(16-10)17(11,14)15/h2,7-8H,1,3-6H2,(H2,11,14,15). The van der Waals surface area contributed by atoms with Crippen LogP contribution in [0.1, 0.15) is 19.3 Å². The zero-order valence-corrected chi connectivity index (χ0v) is 11.0. The third-order valence-corrected chi connectivity index (χ3v) is 5.26. The van der Waals surface area contributed by atoms with Crippen molar-refractivity contribution in [3.8, 4) is 0 Å². The molecule has 7 heteroatoms. The molecule has 0 saturated carbocycles. The van der Waals surface area contributed by atoms with Crippen LogP contribution in [0, 0.1) is 0 Å². The summed E-state index contributed by atoms with van der Waals surface area (Å²) in [6.07, 6.45) is 6.50. The minimum Gasteiger partial charge on any atom is -0.342 e. The molecule has 0 spiro atoms. The number of anilines is 1. The minimum absolute atomic E-state index is 0.112. The highest BCUT2D eigenvalue weighted by Crippen LogP contribution is 2.30. The largest absolute Gasteiger partial charge is 0.342 e. The number of hydrogen-bond donors (Lipinski definition) is 1. The van der Waals surface area contributed by atoms with E-state index in [0.717, 1.165) is 30.7 Å². The zero-order valence-electron chi connectivity index (χ0n) is 9.37. The van der Waals surface area contributed by atoms with Gasteiger partial charge in [-0.3, -0.25) is 0 Å². The predicted molar refractivity (Wildman–Crippen MR) is 68.7 cm³/mol. The molecule has 0 aliphatic carbocycles. The van der Waals surface area contributed by atoms with Crippen LogP contribution in [0.15, 0.2) is 23.1 Å². The SMILES string of the molecule is C=CC1CCCCN1c1ncc(S(N)(=O)=O)s1. The van der Waals surface area contributed by atoms with Crippen molar-refractivity contribution in [1.82, 2.24) is 4.98 Å². The normalized spacial score (nSPS) is 21.5.